The van der Waals surface area contributed by atoms with Crippen molar-refractivity contribution in [1.29, 1.82) is 0 Å². The number of nitrogens with zero attached hydrogens (tertiary/aromatic N) is 2. The zero-order valence-corrected chi connectivity index (χ0v) is 11.8. The second-order valence-electron chi connectivity index (χ2n) is 5.17. The lowest BCUT2D eigenvalue weighted by atomic mass is 10.00. The second-order valence-corrected chi connectivity index (χ2v) is 5.17. The van der Waals surface area contributed by atoms with Gasteiger partial charge in [0.2, 0.25) is 0 Å². The van der Waals surface area contributed by atoms with Gasteiger partial charge in [0.25, 0.3) is 0 Å². The van der Waals surface area contributed by atoms with Crippen LogP contribution in [-0.4, -0.2) is 29.9 Å². The van der Waals surface area contributed by atoms with E-state index in [2.05, 4.69) is 23.7 Å². The Bertz CT molecular complexity index is 455. The average molecular weight is 282 g/mol. The lowest BCUT2D eigenvalue weighted by molar-refractivity contribution is -0.0499. The Morgan fingerprint density at radius 3 is 2.55 bits per heavy atom. The van der Waals surface area contributed by atoms with Gasteiger partial charge in [0.05, 0.1) is 6.21 Å². The van der Waals surface area contributed by atoms with Crippen molar-refractivity contribution < 1.29 is 13.5 Å². The van der Waals surface area contributed by atoms with Crippen molar-refractivity contribution in [3.05, 3.63) is 29.8 Å². The standard InChI is InChI=1S/C15H20F2N2O/c1-11-6-5-7-12(2)19(11)18-10-13-8-3-4-9-14(13)20-15(16)17/h3-4,8-12,15H,5-7H2,1-2H3. The molecule has 2 unspecified atom stereocenters. The van der Waals surface area contributed by atoms with Crippen molar-refractivity contribution >= 4 is 6.21 Å². The van der Waals surface area contributed by atoms with Gasteiger partial charge in [0.15, 0.2) is 0 Å². The first-order valence-corrected chi connectivity index (χ1v) is 6.94. The topological polar surface area (TPSA) is 24.8 Å². The summed E-state index contributed by atoms with van der Waals surface area (Å²) in [7, 11) is 0. The molecule has 1 fully saturated rings. The lowest BCUT2D eigenvalue weighted by Gasteiger charge is -2.36. The third kappa shape index (κ3) is 3.68. The van der Waals surface area contributed by atoms with Crippen LogP contribution in [0.4, 0.5) is 8.78 Å². The minimum Gasteiger partial charge on any atom is -0.434 e. The second kappa shape index (κ2) is 6.68. The van der Waals surface area contributed by atoms with Crippen molar-refractivity contribution in [2.24, 2.45) is 5.10 Å². The Labute approximate surface area is 118 Å². The van der Waals surface area contributed by atoms with Gasteiger partial charge >= 0.3 is 6.61 Å². The molecule has 5 heteroatoms. The summed E-state index contributed by atoms with van der Waals surface area (Å²) in [6, 6.07) is 7.44. The van der Waals surface area contributed by atoms with E-state index in [1.807, 2.05) is 5.01 Å². The van der Waals surface area contributed by atoms with Gasteiger partial charge in [-0.25, -0.2) is 0 Å². The molecule has 2 rings (SSSR count). The summed E-state index contributed by atoms with van der Waals surface area (Å²) in [6.45, 7) is 1.45. The molecular formula is C15H20F2N2O. The minimum atomic E-state index is -2.82. The summed E-state index contributed by atoms with van der Waals surface area (Å²) in [6.07, 6.45) is 5.03. The highest BCUT2D eigenvalue weighted by Gasteiger charge is 2.22. The van der Waals surface area contributed by atoms with Crippen LogP contribution < -0.4 is 4.74 Å². The molecule has 3 nitrogen and oxygen atoms in total. The monoisotopic (exact) mass is 282 g/mol. The van der Waals surface area contributed by atoms with Crippen LogP contribution in [0, 0.1) is 0 Å². The Hall–Kier alpha value is -1.65. The number of halogens is 2. The SMILES string of the molecule is CC1CCCC(C)N1N=Cc1ccccc1OC(F)F. The van der Waals surface area contributed by atoms with E-state index in [0.717, 1.165) is 12.8 Å². The van der Waals surface area contributed by atoms with Crippen molar-refractivity contribution in [1.82, 2.24) is 5.01 Å². The predicted molar refractivity (Wildman–Crippen MR) is 75.3 cm³/mol. The van der Waals surface area contributed by atoms with Gasteiger partial charge in [-0.1, -0.05) is 12.1 Å². The van der Waals surface area contributed by atoms with Crippen LogP contribution in [0.1, 0.15) is 38.7 Å². The normalized spacial score (nSPS) is 23.6. The number of alkyl halides is 2. The van der Waals surface area contributed by atoms with Crippen LogP contribution in [-0.2, 0) is 0 Å². The van der Waals surface area contributed by atoms with E-state index in [-0.39, 0.29) is 5.75 Å². The largest absolute Gasteiger partial charge is 0.434 e. The fourth-order valence-electron chi connectivity index (χ4n) is 2.55. The molecule has 1 heterocycles. The highest BCUT2D eigenvalue weighted by Crippen LogP contribution is 2.23. The molecule has 0 radical (unpaired) electrons. The summed E-state index contributed by atoms with van der Waals surface area (Å²) in [4.78, 5) is 0. The molecule has 1 aromatic carbocycles. The molecule has 110 valence electrons. The van der Waals surface area contributed by atoms with Gasteiger partial charge in [0, 0.05) is 17.6 Å². The molecule has 0 spiro atoms. The number of hydrogen-bond acceptors (Lipinski definition) is 3. The maximum absolute atomic E-state index is 12.3. The number of rotatable bonds is 4. The van der Waals surface area contributed by atoms with E-state index >= 15 is 0 Å². The molecule has 0 bridgehead atoms. The van der Waals surface area contributed by atoms with Gasteiger partial charge in [-0.3, -0.25) is 5.01 Å². The quantitative estimate of drug-likeness (QED) is 0.783. The highest BCUT2D eigenvalue weighted by molar-refractivity contribution is 5.83. The Kier molecular flexibility index (Phi) is 4.93. The van der Waals surface area contributed by atoms with Gasteiger partial charge in [-0.15, -0.1) is 0 Å². The zero-order chi connectivity index (χ0) is 14.5. The first-order valence-electron chi connectivity index (χ1n) is 6.94. The molecule has 2 atom stereocenters. The van der Waals surface area contributed by atoms with Gasteiger partial charge in [-0.2, -0.15) is 13.9 Å². The minimum absolute atomic E-state index is 0.156. The molecule has 1 saturated heterocycles. The van der Waals surface area contributed by atoms with Crippen LogP contribution in [0.25, 0.3) is 0 Å². The van der Waals surface area contributed by atoms with Crippen LogP contribution >= 0.6 is 0 Å². The maximum Gasteiger partial charge on any atom is 0.387 e. The Morgan fingerprint density at radius 1 is 1.25 bits per heavy atom. The van der Waals surface area contributed by atoms with E-state index in [4.69, 9.17) is 0 Å². The van der Waals surface area contributed by atoms with Crippen LogP contribution in [0.2, 0.25) is 0 Å². The highest BCUT2D eigenvalue weighted by atomic mass is 19.3. The van der Waals surface area contributed by atoms with E-state index in [0.29, 0.717) is 17.6 Å². The molecule has 1 aromatic rings. The predicted octanol–water partition coefficient (Wildman–Crippen LogP) is 3.88. The molecule has 1 aliphatic heterocycles. The number of piperidine rings is 1. The number of hydrogen-bond donors (Lipinski definition) is 0. The maximum atomic E-state index is 12.3. The van der Waals surface area contributed by atoms with E-state index < -0.39 is 6.61 Å². The third-order valence-corrected chi connectivity index (χ3v) is 3.61. The summed E-state index contributed by atoms with van der Waals surface area (Å²) in [5.41, 5.74) is 0.567. The smallest absolute Gasteiger partial charge is 0.387 e. The third-order valence-electron chi connectivity index (χ3n) is 3.61. The molecule has 0 aromatic heterocycles. The molecule has 20 heavy (non-hydrogen) atoms. The Morgan fingerprint density at radius 2 is 1.90 bits per heavy atom. The molecule has 1 aliphatic rings. The van der Waals surface area contributed by atoms with E-state index in [1.165, 1.54) is 12.5 Å². The van der Waals surface area contributed by atoms with Gasteiger partial charge in [-0.05, 0) is 45.2 Å². The van der Waals surface area contributed by atoms with Crippen LogP contribution in [0.5, 0.6) is 5.75 Å². The number of benzene rings is 1. The molecule has 0 aliphatic carbocycles. The number of hydrazone groups is 1. The summed E-state index contributed by atoms with van der Waals surface area (Å²) in [5.74, 6) is 0.156. The lowest BCUT2D eigenvalue weighted by Crippen LogP contribution is -2.39. The molecule has 0 N–H and O–H groups in total. The molecule has 0 saturated carbocycles. The summed E-state index contributed by atoms with van der Waals surface area (Å²) < 4.78 is 29.2. The van der Waals surface area contributed by atoms with Crippen LogP contribution in [0.15, 0.2) is 29.4 Å². The molecule has 0 amide bonds. The average Bonchev–Trinajstić information content (AvgIpc) is 2.39. The summed E-state index contributed by atoms with van der Waals surface area (Å²) in [5, 5.41) is 6.51. The summed E-state index contributed by atoms with van der Waals surface area (Å²) >= 11 is 0. The van der Waals surface area contributed by atoms with Crippen LogP contribution in [0.3, 0.4) is 0 Å². The first-order chi connectivity index (χ1) is 9.58. The van der Waals surface area contributed by atoms with Crippen molar-refractivity contribution in [3.8, 4) is 5.75 Å². The zero-order valence-electron chi connectivity index (χ0n) is 11.8. The van der Waals surface area contributed by atoms with E-state index in [1.54, 1.807) is 24.4 Å². The Balaban J connectivity index is 2.14. The van der Waals surface area contributed by atoms with Crippen molar-refractivity contribution in [2.75, 3.05) is 0 Å². The fraction of sp³-hybridized carbons (Fsp3) is 0.533. The number of para-hydroxylation sites is 1. The van der Waals surface area contributed by atoms with Gasteiger partial charge < -0.3 is 4.74 Å². The first kappa shape index (κ1) is 14.8. The van der Waals surface area contributed by atoms with Gasteiger partial charge in [0.1, 0.15) is 5.75 Å². The van der Waals surface area contributed by atoms with E-state index in [9.17, 15) is 8.78 Å². The van der Waals surface area contributed by atoms with Crippen molar-refractivity contribution in [3.63, 3.8) is 0 Å². The van der Waals surface area contributed by atoms with Crippen molar-refractivity contribution in [2.45, 2.75) is 51.8 Å². The number of ether oxygens (including phenoxy) is 1. The molecular weight excluding hydrogens is 262 g/mol. The fourth-order valence-corrected chi connectivity index (χ4v) is 2.55.